The molecule has 0 spiro atoms. The molecule has 0 aliphatic carbocycles. The number of ether oxygens (including phenoxy) is 1. The van der Waals surface area contributed by atoms with E-state index in [9.17, 15) is 27.2 Å². The lowest BCUT2D eigenvalue weighted by Crippen LogP contribution is -2.62. The highest BCUT2D eigenvalue weighted by atomic mass is 19.4. The number of benzene rings is 2. The van der Waals surface area contributed by atoms with Gasteiger partial charge in [-0.3, -0.25) is 0 Å². The maximum absolute atomic E-state index is 14.9. The molecule has 2 aromatic carbocycles. The number of nitrogens with zero attached hydrogens (tertiary/aromatic N) is 1. The number of hydrogen-bond donors (Lipinski definition) is 2. The normalized spacial score (nSPS) is 15.4. The van der Waals surface area contributed by atoms with Crippen LogP contribution in [0.1, 0.15) is 31.9 Å². The molecule has 3 rings (SSSR count). The summed E-state index contributed by atoms with van der Waals surface area (Å²) in [4.78, 5) is 25.4. The summed E-state index contributed by atoms with van der Waals surface area (Å²) in [5, 5.41) is 5.01. The first-order valence-electron chi connectivity index (χ1n) is 10.2. The molecule has 0 aromatic heterocycles. The van der Waals surface area contributed by atoms with Gasteiger partial charge in [-0.2, -0.15) is 13.2 Å². The first-order chi connectivity index (χ1) is 15.2. The Morgan fingerprint density at radius 1 is 0.939 bits per heavy atom. The first kappa shape index (κ1) is 24.3. The second-order valence-electron chi connectivity index (χ2n) is 9.02. The molecule has 178 valence electrons. The van der Waals surface area contributed by atoms with E-state index in [1.165, 1.54) is 4.90 Å². The summed E-state index contributed by atoms with van der Waals surface area (Å²) in [5.74, 6) is 0. The van der Waals surface area contributed by atoms with Crippen molar-refractivity contribution in [2.24, 2.45) is 0 Å². The van der Waals surface area contributed by atoms with Gasteiger partial charge in [0.1, 0.15) is 11.3 Å². The molecule has 6 nitrogen and oxygen atoms in total. The standard InChI is InChI=1S/C23H25F4N3O3/c1-21(2,3)33-20(32)30-13-22(24,14-30)12-15-4-8-17(9-5-15)28-19(31)29-18-10-6-16(7-11-18)23(25,26)27/h4-11H,12-14H2,1-3H3,(H2,28,29,31). The van der Waals surface area contributed by atoms with Gasteiger partial charge in [0.2, 0.25) is 0 Å². The third-order valence-electron chi connectivity index (χ3n) is 4.80. The van der Waals surface area contributed by atoms with E-state index in [2.05, 4.69) is 10.6 Å². The van der Waals surface area contributed by atoms with Crippen LogP contribution in [0.3, 0.4) is 0 Å². The molecule has 1 saturated heterocycles. The zero-order valence-electron chi connectivity index (χ0n) is 18.4. The SMILES string of the molecule is CC(C)(C)OC(=O)N1CC(F)(Cc2ccc(NC(=O)Nc3ccc(C(F)(F)F)cc3)cc2)C1. The summed E-state index contributed by atoms with van der Waals surface area (Å²) in [5.41, 5.74) is -1.68. The van der Waals surface area contributed by atoms with Crippen molar-refractivity contribution in [1.29, 1.82) is 0 Å². The number of anilines is 2. The minimum absolute atomic E-state index is 0.0581. The second kappa shape index (κ2) is 8.92. The lowest BCUT2D eigenvalue weighted by Gasteiger charge is -2.44. The largest absolute Gasteiger partial charge is 0.444 e. The summed E-state index contributed by atoms with van der Waals surface area (Å²) in [6.45, 7) is 5.11. The van der Waals surface area contributed by atoms with Crippen molar-refractivity contribution in [3.8, 4) is 0 Å². The van der Waals surface area contributed by atoms with E-state index in [-0.39, 0.29) is 25.2 Å². The summed E-state index contributed by atoms with van der Waals surface area (Å²) < 4.78 is 57.9. The smallest absolute Gasteiger partial charge is 0.416 e. The molecular weight excluding hydrogens is 442 g/mol. The van der Waals surface area contributed by atoms with E-state index in [1.54, 1.807) is 45.0 Å². The second-order valence-corrected chi connectivity index (χ2v) is 9.02. The minimum atomic E-state index is -4.45. The lowest BCUT2D eigenvalue weighted by atomic mass is 9.89. The fourth-order valence-corrected chi connectivity index (χ4v) is 3.31. The van der Waals surface area contributed by atoms with Gasteiger partial charge in [-0.05, 0) is 62.7 Å². The number of nitrogens with one attached hydrogen (secondary N) is 2. The molecular formula is C23H25F4N3O3. The molecule has 1 aliphatic rings. The maximum Gasteiger partial charge on any atom is 0.416 e. The molecule has 33 heavy (non-hydrogen) atoms. The molecule has 0 bridgehead atoms. The Bertz CT molecular complexity index is 994. The predicted molar refractivity (Wildman–Crippen MR) is 116 cm³/mol. The fraction of sp³-hybridized carbons (Fsp3) is 0.391. The quantitative estimate of drug-likeness (QED) is 0.554. The Morgan fingerprint density at radius 3 is 1.88 bits per heavy atom. The van der Waals surface area contributed by atoms with Gasteiger partial charge in [0.05, 0.1) is 18.7 Å². The average molecular weight is 467 g/mol. The van der Waals surface area contributed by atoms with Crippen LogP contribution in [0.25, 0.3) is 0 Å². The number of likely N-dealkylation sites (tertiary alicyclic amines) is 1. The van der Waals surface area contributed by atoms with E-state index >= 15 is 0 Å². The van der Waals surface area contributed by atoms with Gasteiger partial charge >= 0.3 is 18.3 Å². The van der Waals surface area contributed by atoms with E-state index in [0.717, 1.165) is 24.3 Å². The van der Waals surface area contributed by atoms with Crippen LogP contribution in [0.15, 0.2) is 48.5 Å². The van der Waals surface area contributed by atoms with Crippen LogP contribution in [-0.4, -0.2) is 41.4 Å². The topological polar surface area (TPSA) is 70.7 Å². The van der Waals surface area contributed by atoms with Gasteiger partial charge in [-0.25, -0.2) is 14.0 Å². The third kappa shape index (κ3) is 6.84. The molecule has 10 heteroatoms. The first-order valence-corrected chi connectivity index (χ1v) is 10.2. The Kier molecular flexibility index (Phi) is 6.58. The molecule has 3 amide bonds. The highest BCUT2D eigenvalue weighted by molar-refractivity contribution is 5.99. The van der Waals surface area contributed by atoms with E-state index in [1.807, 2.05) is 0 Å². The van der Waals surface area contributed by atoms with Gasteiger partial charge < -0.3 is 20.3 Å². The Morgan fingerprint density at radius 2 is 1.42 bits per heavy atom. The number of rotatable bonds is 4. The van der Waals surface area contributed by atoms with Crippen molar-refractivity contribution < 1.29 is 31.9 Å². The predicted octanol–water partition coefficient (Wildman–Crippen LogP) is 5.85. The van der Waals surface area contributed by atoms with Crippen LogP contribution in [0, 0.1) is 0 Å². The summed E-state index contributed by atoms with van der Waals surface area (Å²) in [6, 6.07) is 9.94. The minimum Gasteiger partial charge on any atom is -0.444 e. The number of carbonyl (C=O) groups is 2. The molecule has 2 aromatic rings. The molecule has 2 N–H and O–H groups in total. The van der Waals surface area contributed by atoms with Crippen molar-refractivity contribution >= 4 is 23.5 Å². The van der Waals surface area contributed by atoms with Crippen LogP contribution in [-0.2, 0) is 17.3 Å². The average Bonchev–Trinajstić information content (AvgIpc) is 2.66. The number of hydrogen-bond acceptors (Lipinski definition) is 3. The monoisotopic (exact) mass is 467 g/mol. The highest BCUT2D eigenvalue weighted by Gasteiger charge is 2.47. The number of amides is 3. The van der Waals surface area contributed by atoms with Gasteiger partial charge in [-0.1, -0.05) is 12.1 Å². The molecule has 0 unspecified atom stereocenters. The summed E-state index contributed by atoms with van der Waals surface area (Å²) in [6.07, 6.45) is -4.90. The number of halogens is 4. The molecule has 0 saturated carbocycles. The maximum atomic E-state index is 14.9. The van der Waals surface area contributed by atoms with Gasteiger partial charge in [-0.15, -0.1) is 0 Å². The van der Waals surface area contributed by atoms with Crippen molar-refractivity contribution in [3.05, 3.63) is 59.7 Å². The number of urea groups is 1. The van der Waals surface area contributed by atoms with E-state index in [4.69, 9.17) is 4.74 Å². The number of carbonyl (C=O) groups excluding carboxylic acids is 2. The zero-order chi connectivity index (χ0) is 24.4. The Labute approximate surface area is 188 Å². The Balaban J connectivity index is 1.48. The number of alkyl halides is 4. The van der Waals surface area contributed by atoms with Crippen LogP contribution in [0.2, 0.25) is 0 Å². The van der Waals surface area contributed by atoms with Crippen molar-refractivity contribution in [1.82, 2.24) is 4.90 Å². The Hall–Kier alpha value is -3.30. The molecule has 1 fully saturated rings. The summed E-state index contributed by atoms with van der Waals surface area (Å²) >= 11 is 0. The van der Waals surface area contributed by atoms with E-state index in [0.29, 0.717) is 11.3 Å². The van der Waals surface area contributed by atoms with Crippen molar-refractivity contribution in [2.45, 2.75) is 44.6 Å². The summed E-state index contributed by atoms with van der Waals surface area (Å²) in [7, 11) is 0. The van der Waals surface area contributed by atoms with Crippen LogP contribution < -0.4 is 10.6 Å². The fourth-order valence-electron chi connectivity index (χ4n) is 3.31. The zero-order valence-corrected chi connectivity index (χ0v) is 18.4. The van der Waals surface area contributed by atoms with Gasteiger partial charge in [0.25, 0.3) is 0 Å². The lowest BCUT2D eigenvalue weighted by molar-refractivity contribution is -0.137. The van der Waals surface area contributed by atoms with Crippen molar-refractivity contribution in [3.63, 3.8) is 0 Å². The van der Waals surface area contributed by atoms with Crippen LogP contribution in [0.5, 0.6) is 0 Å². The van der Waals surface area contributed by atoms with E-state index < -0.39 is 35.1 Å². The van der Waals surface area contributed by atoms with Gasteiger partial charge in [0, 0.05) is 17.8 Å². The highest BCUT2D eigenvalue weighted by Crippen LogP contribution is 2.31. The molecule has 1 heterocycles. The van der Waals surface area contributed by atoms with Crippen LogP contribution >= 0.6 is 0 Å². The van der Waals surface area contributed by atoms with Crippen molar-refractivity contribution in [2.75, 3.05) is 23.7 Å². The third-order valence-corrected chi connectivity index (χ3v) is 4.80. The van der Waals surface area contributed by atoms with Crippen LogP contribution in [0.4, 0.5) is 38.5 Å². The molecule has 0 radical (unpaired) electrons. The molecule has 0 atom stereocenters. The van der Waals surface area contributed by atoms with Gasteiger partial charge in [0.15, 0.2) is 0 Å². The molecule has 1 aliphatic heterocycles.